The summed E-state index contributed by atoms with van der Waals surface area (Å²) >= 11 is 0. The highest BCUT2D eigenvalue weighted by atomic mass is 19.1. The number of halogens is 1. The zero-order valence-corrected chi connectivity index (χ0v) is 10.8. The Labute approximate surface area is 108 Å². The molecular formula is C14H21FN2O. The summed E-state index contributed by atoms with van der Waals surface area (Å²) < 4.78 is 18.8. The first kappa shape index (κ1) is 13.3. The summed E-state index contributed by atoms with van der Waals surface area (Å²) in [4.78, 5) is 0. The lowest BCUT2D eigenvalue weighted by Gasteiger charge is -2.44. The third-order valence-electron chi connectivity index (χ3n) is 3.82. The van der Waals surface area contributed by atoms with Gasteiger partial charge in [0.15, 0.2) is 0 Å². The van der Waals surface area contributed by atoms with Crippen molar-refractivity contribution in [3.8, 4) is 0 Å². The van der Waals surface area contributed by atoms with E-state index < -0.39 is 0 Å². The van der Waals surface area contributed by atoms with Crippen LogP contribution in [0.1, 0.15) is 25.7 Å². The van der Waals surface area contributed by atoms with Crippen molar-refractivity contribution in [3.05, 3.63) is 30.1 Å². The molecule has 1 aromatic rings. The highest BCUT2D eigenvalue weighted by molar-refractivity contribution is 5.46. The highest BCUT2D eigenvalue weighted by Crippen LogP contribution is 2.33. The second-order valence-corrected chi connectivity index (χ2v) is 4.97. The summed E-state index contributed by atoms with van der Waals surface area (Å²) in [6.07, 6.45) is 4.32. The molecule has 1 fully saturated rings. The Morgan fingerprint density at radius 1 is 1.50 bits per heavy atom. The fraction of sp³-hybridized carbons (Fsp3) is 0.571. The van der Waals surface area contributed by atoms with Gasteiger partial charge in [0.05, 0.1) is 11.6 Å². The Balaban J connectivity index is 2.21. The number of nitrogens with two attached hydrogens (primary N) is 1. The van der Waals surface area contributed by atoms with Gasteiger partial charge in [-0.05, 0) is 31.0 Å². The lowest BCUT2D eigenvalue weighted by Crippen LogP contribution is -2.57. The van der Waals surface area contributed by atoms with Gasteiger partial charge in [-0.25, -0.2) is 4.39 Å². The van der Waals surface area contributed by atoms with Crippen LogP contribution >= 0.6 is 0 Å². The van der Waals surface area contributed by atoms with E-state index in [0.29, 0.717) is 6.54 Å². The summed E-state index contributed by atoms with van der Waals surface area (Å²) in [7, 11) is 1.72. The molecule has 0 saturated heterocycles. The fourth-order valence-corrected chi connectivity index (χ4v) is 2.83. The Hall–Kier alpha value is -1.13. The molecule has 0 heterocycles. The topological polar surface area (TPSA) is 47.3 Å². The van der Waals surface area contributed by atoms with E-state index in [0.717, 1.165) is 31.4 Å². The molecule has 0 aromatic heterocycles. The molecule has 100 valence electrons. The average molecular weight is 252 g/mol. The first-order valence-electron chi connectivity index (χ1n) is 6.47. The van der Waals surface area contributed by atoms with Gasteiger partial charge in [0.1, 0.15) is 5.82 Å². The largest absolute Gasteiger partial charge is 0.379 e. The third-order valence-corrected chi connectivity index (χ3v) is 3.82. The molecule has 2 atom stereocenters. The smallest absolute Gasteiger partial charge is 0.125 e. The molecule has 2 rings (SSSR count). The van der Waals surface area contributed by atoms with Crippen LogP contribution in [0.15, 0.2) is 24.3 Å². The molecular weight excluding hydrogens is 231 g/mol. The standard InChI is InChI=1S/C14H21FN2O/c1-18-13-7-2-3-8-14(13,10-16)17-12-6-4-5-11(15)9-12/h4-6,9,13,17H,2-3,7-8,10,16H2,1H3. The molecule has 0 radical (unpaired) electrons. The van der Waals surface area contributed by atoms with Gasteiger partial charge in [0.25, 0.3) is 0 Å². The van der Waals surface area contributed by atoms with Gasteiger partial charge >= 0.3 is 0 Å². The maximum Gasteiger partial charge on any atom is 0.125 e. The minimum Gasteiger partial charge on any atom is -0.379 e. The van der Waals surface area contributed by atoms with Gasteiger partial charge in [-0.15, -0.1) is 0 Å². The number of methoxy groups -OCH3 is 1. The van der Waals surface area contributed by atoms with E-state index in [9.17, 15) is 4.39 Å². The summed E-state index contributed by atoms with van der Waals surface area (Å²) in [5.41, 5.74) is 6.44. The van der Waals surface area contributed by atoms with Crippen LogP contribution in [0.4, 0.5) is 10.1 Å². The monoisotopic (exact) mass is 252 g/mol. The molecule has 2 unspecified atom stereocenters. The number of hydrogen-bond acceptors (Lipinski definition) is 3. The van der Waals surface area contributed by atoms with Gasteiger partial charge in [0.2, 0.25) is 0 Å². The van der Waals surface area contributed by atoms with E-state index in [2.05, 4.69) is 5.32 Å². The molecule has 0 aliphatic heterocycles. The van der Waals surface area contributed by atoms with Crippen molar-refractivity contribution in [1.29, 1.82) is 0 Å². The summed E-state index contributed by atoms with van der Waals surface area (Å²) in [5.74, 6) is -0.239. The summed E-state index contributed by atoms with van der Waals surface area (Å²) in [6.45, 7) is 0.488. The van der Waals surface area contributed by atoms with Crippen molar-refractivity contribution in [2.45, 2.75) is 37.3 Å². The van der Waals surface area contributed by atoms with E-state index in [1.54, 1.807) is 13.2 Å². The third kappa shape index (κ3) is 2.65. The Morgan fingerprint density at radius 3 is 3.00 bits per heavy atom. The van der Waals surface area contributed by atoms with Crippen LogP contribution in [-0.4, -0.2) is 25.3 Å². The first-order valence-corrected chi connectivity index (χ1v) is 6.47. The van der Waals surface area contributed by atoms with Crippen LogP contribution in [0.2, 0.25) is 0 Å². The number of ether oxygens (including phenoxy) is 1. The van der Waals surface area contributed by atoms with E-state index in [-0.39, 0.29) is 17.5 Å². The lowest BCUT2D eigenvalue weighted by atomic mass is 9.78. The lowest BCUT2D eigenvalue weighted by molar-refractivity contribution is 0.0190. The minimum atomic E-state index is -0.277. The Morgan fingerprint density at radius 2 is 2.33 bits per heavy atom. The number of benzene rings is 1. The van der Waals surface area contributed by atoms with Crippen LogP contribution in [0, 0.1) is 5.82 Å². The van der Waals surface area contributed by atoms with Crippen LogP contribution in [0.3, 0.4) is 0 Å². The van der Waals surface area contributed by atoms with E-state index in [1.807, 2.05) is 6.07 Å². The first-order chi connectivity index (χ1) is 8.70. The quantitative estimate of drug-likeness (QED) is 0.865. The molecule has 1 aliphatic rings. The Kier molecular flexibility index (Phi) is 4.19. The molecule has 3 N–H and O–H groups in total. The predicted octanol–water partition coefficient (Wildman–Crippen LogP) is 2.52. The van der Waals surface area contributed by atoms with E-state index in [1.165, 1.54) is 12.1 Å². The average Bonchev–Trinajstić information content (AvgIpc) is 2.39. The van der Waals surface area contributed by atoms with Crippen molar-refractivity contribution in [1.82, 2.24) is 0 Å². The molecule has 3 nitrogen and oxygen atoms in total. The maximum absolute atomic E-state index is 13.2. The molecule has 0 bridgehead atoms. The van der Waals surface area contributed by atoms with Crippen LogP contribution in [0.5, 0.6) is 0 Å². The number of hydrogen-bond donors (Lipinski definition) is 2. The molecule has 1 aliphatic carbocycles. The molecule has 0 amide bonds. The van der Waals surface area contributed by atoms with Crippen LogP contribution in [-0.2, 0) is 4.74 Å². The minimum absolute atomic E-state index is 0.0829. The second kappa shape index (κ2) is 5.67. The van der Waals surface area contributed by atoms with Crippen LogP contribution < -0.4 is 11.1 Å². The second-order valence-electron chi connectivity index (χ2n) is 4.97. The van der Waals surface area contributed by atoms with Gasteiger partial charge in [-0.3, -0.25) is 0 Å². The van der Waals surface area contributed by atoms with Gasteiger partial charge in [-0.2, -0.15) is 0 Å². The maximum atomic E-state index is 13.2. The summed E-state index contributed by atoms with van der Waals surface area (Å²) in [5, 5.41) is 3.40. The zero-order valence-electron chi connectivity index (χ0n) is 10.8. The zero-order chi connectivity index (χ0) is 13.0. The summed E-state index contributed by atoms with van der Waals surface area (Å²) in [6, 6.07) is 6.50. The van der Waals surface area contributed by atoms with Crippen molar-refractivity contribution in [2.75, 3.05) is 19.0 Å². The van der Waals surface area contributed by atoms with Crippen molar-refractivity contribution >= 4 is 5.69 Å². The SMILES string of the molecule is COC1CCCCC1(CN)Nc1cccc(F)c1. The van der Waals surface area contributed by atoms with E-state index >= 15 is 0 Å². The molecule has 1 aromatic carbocycles. The van der Waals surface area contributed by atoms with Crippen molar-refractivity contribution in [2.24, 2.45) is 5.73 Å². The molecule has 0 spiro atoms. The molecule has 1 saturated carbocycles. The molecule has 18 heavy (non-hydrogen) atoms. The van der Waals surface area contributed by atoms with Gasteiger partial charge in [0, 0.05) is 19.3 Å². The van der Waals surface area contributed by atoms with Gasteiger partial charge < -0.3 is 15.8 Å². The fourth-order valence-electron chi connectivity index (χ4n) is 2.83. The number of anilines is 1. The van der Waals surface area contributed by atoms with Crippen LogP contribution in [0.25, 0.3) is 0 Å². The Bertz CT molecular complexity index is 399. The van der Waals surface area contributed by atoms with E-state index in [4.69, 9.17) is 10.5 Å². The van der Waals surface area contributed by atoms with Crippen molar-refractivity contribution < 1.29 is 9.13 Å². The van der Waals surface area contributed by atoms with Crippen molar-refractivity contribution in [3.63, 3.8) is 0 Å². The molecule has 4 heteroatoms. The number of nitrogens with one attached hydrogen (secondary N) is 1. The predicted molar refractivity (Wildman–Crippen MR) is 71.1 cm³/mol. The normalized spacial score (nSPS) is 28.1. The number of rotatable bonds is 4. The highest BCUT2D eigenvalue weighted by Gasteiger charge is 2.39. The van der Waals surface area contributed by atoms with Gasteiger partial charge in [-0.1, -0.05) is 18.9 Å².